The molecular weight excluding hydrogens is 270 g/mol. The van der Waals surface area contributed by atoms with Gasteiger partial charge >= 0.3 is 0 Å². The molecule has 0 unspecified atom stereocenters. The third-order valence-corrected chi connectivity index (χ3v) is 2.62. The van der Waals surface area contributed by atoms with Crippen LogP contribution in [0.4, 0.5) is 0 Å². The predicted octanol–water partition coefficient (Wildman–Crippen LogP) is -0.0751. The van der Waals surface area contributed by atoms with Crippen LogP contribution in [0.25, 0.3) is 0 Å². The molecule has 0 radical (unpaired) electrons. The van der Waals surface area contributed by atoms with Crippen molar-refractivity contribution in [1.82, 2.24) is 9.97 Å². The fourth-order valence-electron chi connectivity index (χ4n) is 1.60. The summed E-state index contributed by atoms with van der Waals surface area (Å²) in [5.41, 5.74) is 18.4. The summed E-state index contributed by atoms with van der Waals surface area (Å²) in [5.74, 6) is 0.618. The van der Waals surface area contributed by atoms with Crippen LogP contribution >= 0.6 is 0 Å². The minimum atomic E-state index is -0.111. The minimum absolute atomic E-state index is 0.111. The summed E-state index contributed by atoms with van der Waals surface area (Å²) in [6, 6.07) is 7.34. The number of nitrogens with one attached hydrogen (secondary N) is 1. The average Bonchev–Trinajstić information content (AvgIpc) is 3.00. The maximum absolute atomic E-state index is 5.63. The fraction of sp³-hybridized carbons (Fsp3) is 0.154. The molecule has 0 amide bonds. The number of hydrogen-bond acceptors (Lipinski definition) is 5. The van der Waals surface area contributed by atoms with Crippen LogP contribution in [0.5, 0.6) is 5.75 Å². The van der Waals surface area contributed by atoms with Gasteiger partial charge in [0.2, 0.25) is 5.96 Å². The molecule has 8 heteroatoms. The first-order valence-electron chi connectivity index (χ1n) is 6.25. The quantitative estimate of drug-likeness (QED) is 0.334. The lowest BCUT2D eigenvalue weighted by atomic mass is 10.1. The van der Waals surface area contributed by atoms with Crippen molar-refractivity contribution in [3.8, 4) is 5.75 Å². The second-order valence-corrected chi connectivity index (χ2v) is 4.17. The van der Waals surface area contributed by atoms with Crippen molar-refractivity contribution < 1.29 is 4.74 Å². The van der Waals surface area contributed by atoms with Crippen LogP contribution in [0, 0.1) is 0 Å². The van der Waals surface area contributed by atoms with Gasteiger partial charge in [-0.3, -0.25) is 0 Å². The lowest BCUT2D eigenvalue weighted by Gasteiger charge is -2.06. The molecule has 1 heterocycles. The van der Waals surface area contributed by atoms with Gasteiger partial charge < -0.3 is 26.9 Å². The lowest BCUT2D eigenvalue weighted by Crippen LogP contribution is -2.23. The normalized spacial score (nSPS) is 11.2. The van der Waals surface area contributed by atoms with Gasteiger partial charge in [0.05, 0.1) is 23.9 Å². The topological polar surface area (TPSA) is 141 Å². The highest BCUT2D eigenvalue weighted by atomic mass is 16.5. The minimum Gasteiger partial charge on any atom is -0.487 e. The summed E-state index contributed by atoms with van der Waals surface area (Å²) >= 11 is 0. The Balaban J connectivity index is 2.03. The third-order valence-electron chi connectivity index (χ3n) is 2.62. The van der Waals surface area contributed by atoms with Gasteiger partial charge in [0, 0.05) is 6.54 Å². The van der Waals surface area contributed by atoms with E-state index in [1.165, 1.54) is 0 Å². The van der Waals surface area contributed by atoms with Gasteiger partial charge in [0.1, 0.15) is 12.4 Å². The molecular formula is C13H17N7O. The highest BCUT2D eigenvalue weighted by Gasteiger charge is 2.03. The average molecular weight is 287 g/mol. The van der Waals surface area contributed by atoms with Gasteiger partial charge in [-0.05, 0) is 29.8 Å². The van der Waals surface area contributed by atoms with E-state index >= 15 is 0 Å². The monoisotopic (exact) mass is 287 g/mol. The van der Waals surface area contributed by atoms with E-state index in [0.29, 0.717) is 12.3 Å². The molecule has 2 aromatic rings. The molecule has 0 bridgehead atoms. The second-order valence-electron chi connectivity index (χ2n) is 4.17. The molecule has 110 valence electrons. The molecule has 0 saturated carbocycles. The first-order chi connectivity index (χ1) is 10.2. The van der Waals surface area contributed by atoms with Gasteiger partial charge in [-0.25, -0.2) is 4.98 Å². The van der Waals surface area contributed by atoms with E-state index in [0.717, 1.165) is 17.0 Å². The van der Waals surface area contributed by atoms with Crippen LogP contribution in [0.15, 0.2) is 47.0 Å². The molecule has 1 aromatic carbocycles. The van der Waals surface area contributed by atoms with Crippen molar-refractivity contribution in [2.75, 3.05) is 6.54 Å². The van der Waals surface area contributed by atoms with Gasteiger partial charge in [-0.2, -0.15) is 5.10 Å². The highest BCUT2D eigenvalue weighted by molar-refractivity contribution is 6.02. The maximum atomic E-state index is 5.63. The molecule has 0 aliphatic heterocycles. The van der Waals surface area contributed by atoms with Crippen molar-refractivity contribution in [1.29, 1.82) is 0 Å². The lowest BCUT2D eigenvalue weighted by molar-refractivity contribution is 0.302. The van der Waals surface area contributed by atoms with Gasteiger partial charge in [0.25, 0.3) is 0 Å². The van der Waals surface area contributed by atoms with Crippen LogP contribution in [-0.2, 0) is 6.61 Å². The second kappa shape index (κ2) is 7.06. The number of H-pyrrole nitrogens is 1. The number of ether oxygens (including phenoxy) is 1. The molecule has 0 spiro atoms. The SMILES string of the molecule is NC/C(=N\N=C(N)N)c1ccc(OCc2cnc[nH]2)cc1. The van der Waals surface area contributed by atoms with E-state index in [1.807, 2.05) is 24.3 Å². The smallest absolute Gasteiger partial charge is 0.211 e. The first kappa shape index (κ1) is 14.5. The standard InChI is InChI=1S/C13H17N7O/c14-5-12(19-20-13(15)16)9-1-3-11(4-2-9)21-7-10-6-17-8-18-10/h1-4,6,8H,5,7,14H2,(H,17,18)(H4,15,16,20)/b19-12+. The van der Waals surface area contributed by atoms with E-state index in [9.17, 15) is 0 Å². The summed E-state index contributed by atoms with van der Waals surface area (Å²) in [4.78, 5) is 6.88. The zero-order valence-corrected chi connectivity index (χ0v) is 11.4. The number of aromatic nitrogens is 2. The van der Waals surface area contributed by atoms with E-state index in [2.05, 4.69) is 20.2 Å². The number of nitrogens with two attached hydrogens (primary N) is 3. The van der Waals surface area contributed by atoms with Crippen LogP contribution in [0.2, 0.25) is 0 Å². The molecule has 1 aromatic heterocycles. The fourth-order valence-corrected chi connectivity index (χ4v) is 1.60. The Morgan fingerprint density at radius 2 is 1.95 bits per heavy atom. The van der Waals surface area contributed by atoms with Gasteiger partial charge in [-0.15, -0.1) is 5.10 Å². The van der Waals surface area contributed by atoms with Crippen LogP contribution in [-0.4, -0.2) is 28.2 Å². The van der Waals surface area contributed by atoms with Crippen molar-refractivity contribution in [3.63, 3.8) is 0 Å². The molecule has 2 rings (SSSR count). The Kier molecular flexibility index (Phi) is 4.89. The summed E-state index contributed by atoms with van der Waals surface area (Å²) < 4.78 is 5.61. The number of guanidine groups is 1. The Morgan fingerprint density at radius 3 is 2.52 bits per heavy atom. The Hall–Kier alpha value is -2.87. The highest BCUT2D eigenvalue weighted by Crippen LogP contribution is 2.14. The molecule has 21 heavy (non-hydrogen) atoms. The molecule has 0 aliphatic carbocycles. The number of benzene rings is 1. The molecule has 0 aliphatic rings. The van der Waals surface area contributed by atoms with Gasteiger partial charge in [0.15, 0.2) is 0 Å². The number of rotatable bonds is 6. The van der Waals surface area contributed by atoms with E-state index in [4.69, 9.17) is 21.9 Å². The zero-order valence-electron chi connectivity index (χ0n) is 11.4. The van der Waals surface area contributed by atoms with Crippen molar-refractivity contribution in [3.05, 3.63) is 48.0 Å². The third kappa shape index (κ3) is 4.32. The van der Waals surface area contributed by atoms with E-state index < -0.39 is 0 Å². The van der Waals surface area contributed by atoms with Crippen molar-refractivity contribution >= 4 is 11.7 Å². The number of aromatic amines is 1. The molecule has 8 nitrogen and oxygen atoms in total. The molecule has 0 fully saturated rings. The molecule has 0 atom stereocenters. The summed E-state index contributed by atoms with van der Waals surface area (Å²) in [6.07, 6.45) is 3.32. The Bertz CT molecular complexity index is 612. The largest absolute Gasteiger partial charge is 0.487 e. The van der Waals surface area contributed by atoms with Crippen molar-refractivity contribution in [2.24, 2.45) is 27.4 Å². The first-order valence-corrected chi connectivity index (χ1v) is 6.25. The number of hydrogen-bond donors (Lipinski definition) is 4. The molecule has 0 saturated heterocycles. The predicted molar refractivity (Wildman–Crippen MR) is 80.8 cm³/mol. The summed E-state index contributed by atoms with van der Waals surface area (Å²) in [7, 11) is 0. The van der Waals surface area contributed by atoms with E-state index in [-0.39, 0.29) is 12.5 Å². The number of imidazole rings is 1. The van der Waals surface area contributed by atoms with Crippen LogP contribution < -0.4 is 21.9 Å². The number of nitrogens with zero attached hydrogens (tertiary/aromatic N) is 3. The maximum Gasteiger partial charge on any atom is 0.211 e. The van der Waals surface area contributed by atoms with Crippen molar-refractivity contribution in [2.45, 2.75) is 6.61 Å². The molecule has 7 N–H and O–H groups in total. The zero-order chi connectivity index (χ0) is 15.1. The summed E-state index contributed by atoms with van der Waals surface area (Å²) in [6.45, 7) is 0.649. The van der Waals surface area contributed by atoms with Crippen LogP contribution in [0.1, 0.15) is 11.3 Å². The Labute approximate surface area is 121 Å². The van der Waals surface area contributed by atoms with Crippen LogP contribution in [0.3, 0.4) is 0 Å². The summed E-state index contributed by atoms with van der Waals surface area (Å²) in [5, 5.41) is 7.51. The van der Waals surface area contributed by atoms with Gasteiger partial charge in [-0.1, -0.05) is 0 Å². The Morgan fingerprint density at radius 1 is 1.19 bits per heavy atom. The van der Waals surface area contributed by atoms with E-state index in [1.54, 1.807) is 12.5 Å².